The lowest BCUT2D eigenvalue weighted by Crippen LogP contribution is -2.14. The smallest absolute Gasteiger partial charge is 0.0326 e. The molecule has 4 unspecified atom stereocenters. The van der Waals surface area contributed by atoms with Gasteiger partial charge in [0.15, 0.2) is 0 Å². The van der Waals surface area contributed by atoms with Gasteiger partial charge in [0.2, 0.25) is 0 Å². The van der Waals surface area contributed by atoms with Crippen molar-refractivity contribution in [3.05, 3.63) is 0 Å². The van der Waals surface area contributed by atoms with Crippen LogP contribution in [0.2, 0.25) is 0 Å². The second kappa shape index (κ2) is 1.74. The molecule has 0 nitrogen and oxygen atoms in total. The summed E-state index contributed by atoms with van der Waals surface area (Å²) in [5.41, 5.74) is 0. The topological polar surface area (TPSA) is 0 Å². The number of fused-ring (bicyclic) bond motifs is 1. The SMILES string of the molecule is CCCC1CC2C(C)C12. The van der Waals surface area contributed by atoms with Gasteiger partial charge >= 0.3 is 0 Å². The lowest BCUT2D eigenvalue weighted by Gasteiger charge is -2.23. The van der Waals surface area contributed by atoms with E-state index in [-0.39, 0.29) is 0 Å². The van der Waals surface area contributed by atoms with E-state index in [4.69, 9.17) is 0 Å². The Labute approximate surface area is 57.6 Å². The van der Waals surface area contributed by atoms with Crippen molar-refractivity contribution in [1.82, 2.24) is 0 Å². The summed E-state index contributed by atoms with van der Waals surface area (Å²) in [5, 5.41) is 0. The summed E-state index contributed by atoms with van der Waals surface area (Å²) in [7, 11) is 0. The minimum atomic E-state index is 1.11. The molecule has 0 radical (unpaired) electrons. The van der Waals surface area contributed by atoms with Gasteiger partial charge in [0.25, 0.3) is 0 Å². The van der Waals surface area contributed by atoms with E-state index in [0.29, 0.717) is 0 Å². The number of hydrogen-bond acceptors (Lipinski definition) is 0. The Morgan fingerprint density at radius 2 is 2.22 bits per heavy atom. The van der Waals surface area contributed by atoms with Crippen LogP contribution in [0.15, 0.2) is 0 Å². The molecule has 0 aromatic heterocycles. The standard InChI is InChI=1S/C9H16/c1-3-4-7-5-8-6(2)9(7)8/h6-9H,3-5H2,1-2H3. The summed E-state index contributed by atoms with van der Waals surface area (Å²) in [6, 6.07) is 0. The summed E-state index contributed by atoms with van der Waals surface area (Å²) < 4.78 is 0. The van der Waals surface area contributed by atoms with Gasteiger partial charge in [0.05, 0.1) is 0 Å². The van der Waals surface area contributed by atoms with Crippen molar-refractivity contribution in [2.75, 3.05) is 0 Å². The van der Waals surface area contributed by atoms with Gasteiger partial charge in [-0.15, -0.1) is 0 Å². The van der Waals surface area contributed by atoms with Crippen LogP contribution >= 0.6 is 0 Å². The fourth-order valence-electron chi connectivity index (χ4n) is 2.72. The lowest BCUT2D eigenvalue weighted by atomic mass is 9.82. The molecule has 0 aromatic carbocycles. The Kier molecular flexibility index (Phi) is 1.12. The summed E-state index contributed by atoms with van der Waals surface area (Å²) in [4.78, 5) is 0. The van der Waals surface area contributed by atoms with E-state index in [0.717, 1.165) is 11.8 Å². The zero-order valence-corrected chi connectivity index (χ0v) is 6.43. The van der Waals surface area contributed by atoms with Crippen molar-refractivity contribution in [2.45, 2.75) is 33.1 Å². The maximum atomic E-state index is 2.42. The number of rotatable bonds is 2. The van der Waals surface area contributed by atoms with Gasteiger partial charge in [0.1, 0.15) is 0 Å². The van der Waals surface area contributed by atoms with Gasteiger partial charge in [-0.05, 0) is 30.1 Å². The highest BCUT2D eigenvalue weighted by atomic mass is 14.6. The zero-order valence-electron chi connectivity index (χ0n) is 6.43. The third-order valence-corrected chi connectivity index (χ3v) is 3.41. The average molecular weight is 124 g/mol. The Morgan fingerprint density at radius 1 is 1.44 bits per heavy atom. The first kappa shape index (κ1) is 5.76. The highest BCUT2D eigenvalue weighted by Gasteiger charge is 2.59. The minimum Gasteiger partial charge on any atom is -0.0654 e. The van der Waals surface area contributed by atoms with Crippen LogP contribution in [0.3, 0.4) is 0 Å². The lowest BCUT2D eigenvalue weighted by molar-refractivity contribution is 0.268. The van der Waals surface area contributed by atoms with Crippen molar-refractivity contribution in [1.29, 1.82) is 0 Å². The quantitative estimate of drug-likeness (QED) is 0.531. The first-order chi connectivity index (χ1) is 4.34. The molecule has 2 rings (SSSR count). The molecule has 4 atom stereocenters. The molecule has 2 aliphatic rings. The Balaban J connectivity index is 1.80. The Hall–Kier alpha value is 0. The molecule has 2 fully saturated rings. The molecule has 9 heavy (non-hydrogen) atoms. The first-order valence-electron chi connectivity index (χ1n) is 4.34. The maximum absolute atomic E-state index is 2.42. The van der Waals surface area contributed by atoms with Crippen LogP contribution in [0.1, 0.15) is 33.1 Å². The number of hydrogen-bond donors (Lipinski definition) is 0. The zero-order chi connectivity index (χ0) is 6.43. The van der Waals surface area contributed by atoms with Crippen LogP contribution in [0, 0.1) is 23.7 Å². The van der Waals surface area contributed by atoms with Crippen LogP contribution in [-0.2, 0) is 0 Å². The maximum Gasteiger partial charge on any atom is -0.0326 e. The van der Waals surface area contributed by atoms with E-state index < -0.39 is 0 Å². The summed E-state index contributed by atoms with van der Waals surface area (Å²) in [5.74, 6) is 4.63. The fourth-order valence-corrected chi connectivity index (χ4v) is 2.72. The van der Waals surface area contributed by atoms with Gasteiger partial charge in [-0.1, -0.05) is 26.7 Å². The van der Waals surface area contributed by atoms with E-state index in [1.54, 1.807) is 6.42 Å². The Bertz CT molecular complexity index is 111. The van der Waals surface area contributed by atoms with Gasteiger partial charge in [0, 0.05) is 0 Å². The monoisotopic (exact) mass is 124 g/mol. The van der Waals surface area contributed by atoms with Crippen molar-refractivity contribution < 1.29 is 0 Å². The molecule has 0 aliphatic heterocycles. The molecule has 0 bridgehead atoms. The average Bonchev–Trinajstić information content (AvgIpc) is 2.27. The van der Waals surface area contributed by atoms with Crippen molar-refractivity contribution in [3.8, 4) is 0 Å². The van der Waals surface area contributed by atoms with Gasteiger partial charge in [-0.2, -0.15) is 0 Å². The predicted molar refractivity (Wildman–Crippen MR) is 39.2 cm³/mol. The normalized spacial score (nSPS) is 54.0. The van der Waals surface area contributed by atoms with E-state index in [9.17, 15) is 0 Å². The van der Waals surface area contributed by atoms with Crippen molar-refractivity contribution in [3.63, 3.8) is 0 Å². The second-order valence-corrected chi connectivity index (χ2v) is 3.88. The van der Waals surface area contributed by atoms with Crippen LogP contribution in [-0.4, -0.2) is 0 Å². The highest BCUT2D eigenvalue weighted by molar-refractivity contribution is 5.07. The molecule has 0 spiro atoms. The fraction of sp³-hybridized carbons (Fsp3) is 1.00. The van der Waals surface area contributed by atoms with Gasteiger partial charge in [-0.25, -0.2) is 0 Å². The molecule has 0 aromatic rings. The van der Waals surface area contributed by atoms with E-state index in [2.05, 4.69) is 13.8 Å². The van der Waals surface area contributed by atoms with Crippen LogP contribution in [0.5, 0.6) is 0 Å². The Morgan fingerprint density at radius 3 is 2.56 bits per heavy atom. The molecule has 0 saturated heterocycles. The predicted octanol–water partition coefficient (Wildman–Crippen LogP) is 2.69. The molecule has 2 aliphatic carbocycles. The molecular weight excluding hydrogens is 108 g/mol. The highest BCUT2D eigenvalue weighted by Crippen LogP contribution is 2.65. The summed E-state index contributed by atoms with van der Waals surface area (Å²) in [6.07, 6.45) is 4.48. The molecule has 2 saturated carbocycles. The molecular formula is C9H16. The van der Waals surface area contributed by atoms with Gasteiger partial charge in [-0.3, -0.25) is 0 Å². The van der Waals surface area contributed by atoms with Gasteiger partial charge < -0.3 is 0 Å². The molecule has 0 N–H and O–H groups in total. The first-order valence-corrected chi connectivity index (χ1v) is 4.34. The largest absolute Gasteiger partial charge is 0.0654 e. The third kappa shape index (κ3) is 0.653. The molecule has 52 valence electrons. The molecule has 0 heteroatoms. The second-order valence-electron chi connectivity index (χ2n) is 3.88. The minimum absolute atomic E-state index is 1.11. The van der Waals surface area contributed by atoms with Crippen molar-refractivity contribution >= 4 is 0 Å². The van der Waals surface area contributed by atoms with E-state index in [1.807, 2.05) is 0 Å². The van der Waals surface area contributed by atoms with Crippen molar-refractivity contribution in [2.24, 2.45) is 23.7 Å². The van der Waals surface area contributed by atoms with Crippen LogP contribution in [0.25, 0.3) is 0 Å². The van der Waals surface area contributed by atoms with Crippen LogP contribution < -0.4 is 0 Å². The summed E-state index contributed by atoms with van der Waals surface area (Å²) >= 11 is 0. The molecule has 0 heterocycles. The van der Waals surface area contributed by atoms with E-state index >= 15 is 0 Å². The third-order valence-electron chi connectivity index (χ3n) is 3.41. The van der Waals surface area contributed by atoms with E-state index in [1.165, 1.54) is 24.7 Å². The van der Waals surface area contributed by atoms with Crippen LogP contribution in [0.4, 0.5) is 0 Å². The molecule has 0 amide bonds. The summed E-state index contributed by atoms with van der Waals surface area (Å²) in [6.45, 7) is 4.73.